The molecule has 0 atom stereocenters. The summed E-state index contributed by atoms with van der Waals surface area (Å²) in [6.45, 7) is 3.43. The van der Waals surface area contributed by atoms with E-state index in [-0.39, 0.29) is 11.2 Å². The Labute approximate surface area is 111 Å². The first-order chi connectivity index (χ1) is 9.04. The molecule has 2 rings (SSSR count). The van der Waals surface area contributed by atoms with Crippen molar-refractivity contribution in [1.29, 1.82) is 5.26 Å². The van der Waals surface area contributed by atoms with Crippen molar-refractivity contribution in [3.8, 4) is 6.07 Å². The van der Waals surface area contributed by atoms with Crippen LogP contribution in [0, 0.1) is 21.4 Å². The fourth-order valence-corrected chi connectivity index (χ4v) is 2.12. The highest BCUT2D eigenvalue weighted by Gasteiger charge is 2.28. The van der Waals surface area contributed by atoms with Gasteiger partial charge in [-0.05, 0) is 25.8 Å². The number of benzene rings is 1. The fraction of sp³-hybridized carbons (Fsp3) is 0.462. The molecule has 6 nitrogen and oxygen atoms in total. The number of hydrogen-bond acceptors (Lipinski definition) is 5. The maximum Gasteiger partial charge on any atom is 0.270 e. The van der Waals surface area contributed by atoms with Gasteiger partial charge in [0.1, 0.15) is 6.07 Å². The number of nitro groups is 1. The SMILES string of the molecule is CC1(Nc2ccc([N+](=O)[O-])cc2C#N)CCOCC1. The predicted octanol–water partition coefficient (Wildman–Crippen LogP) is 2.45. The lowest BCUT2D eigenvalue weighted by Crippen LogP contribution is -2.40. The summed E-state index contributed by atoms with van der Waals surface area (Å²) in [5.41, 5.74) is 0.721. The molecular formula is C13H15N3O3. The summed E-state index contributed by atoms with van der Waals surface area (Å²) < 4.78 is 5.32. The number of nitro benzene ring substituents is 1. The molecule has 1 saturated heterocycles. The summed E-state index contributed by atoms with van der Waals surface area (Å²) in [5.74, 6) is 0. The molecule has 0 unspecified atom stereocenters. The predicted molar refractivity (Wildman–Crippen MR) is 69.9 cm³/mol. The summed E-state index contributed by atoms with van der Waals surface area (Å²) in [4.78, 5) is 10.2. The van der Waals surface area contributed by atoms with Crippen LogP contribution in [-0.2, 0) is 4.74 Å². The molecule has 1 aromatic carbocycles. The molecule has 0 aliphatic carbocycles. The van der Waals surface area contributed by atoms with E-state index in [1.807, 2.05) is 6.07 Å². The van der Waals surface area contributed by atoms with Crippen LogP contribution in [0.15, 0.2) is 18.2 Å². The first kappa shape index (κ1) is 13.3. The number of ether oxygens (including phenoxy) is 1. The van der Waals surface area contributed by atoms with Gasteiger partial charge in [-0.25, -0.2) is 0 Å². The minimum atomic E-state index is -0.499. The van der Waals surface area contributed by atoms with Crippen molar-refractivity contribution in [2.24, 2.45) is 0 Å². The van der Waals surface area contributed by atoms with Crippen LogP contribution in [0.3, 0.4) is 0 Å². The molecule has 1 aliphatic rings. The van der Waals surface area contributed by atoms with E-state index in [0.717, 1.165) is 12.8 Å². The topological polar surface area (TPSA) is 88.2 Å². The Morgan fingerprint density at radius 1 is 1.47 bits per heavy atom. The Hall–Kier alpha value is -2.13. The molecule has 0 spiro atoms. The molecule has 0 amide bonds. The summed E-state index contributed by atoms with van der Waals surface area (Å²) in [7, 11) is 0. The number of nitrogens with one attached hydrogen (secondary N) is 1. The van der Waals surface area contributed by atoms with Gasteiger partial charge in [-0.15, -0.1) is 0 Å². The highest BCUT2D eigenvalue weighted by molar-refractivity contribution is 5.62. The summed E-state index contributed by atoms with van der Waals surface area (Å²) in [5, 5.41) is 23.1. The van der Waals surface area contributed by atoms with E-state index in [4.69, 9.17) is 10.00 Å². The van der Waals surface area contributed by atoms with E-state index in [2.05, 4.69) is 12.2 Å². The Balaban J connectivity index is 2.25. The van der Waals surface area contributed by atoms with E-state index in [1.54, 1.807) is 6.07 Å². The maximum atomic E-state index is 10.7. The van der Waals surface area contributed by atoms with Gasteiger partial charge in [0.25, 0.3) is 5.69 Å². The van der Waals surface area contributed by atoms with Crippen LogP contribution in [0.2, 0.25) is 0 Å². The van der Waals surface area contributed by atoms with Gasteiger partial charge in [0, 0.05) is 30.9 Å². The molecule has 0 aromatic heterocycles. The molecule has 6 heteroatoms. The van der Waals surface area contributed by atoms with Gasteiger partial charge in [0.2, 0.25) is 0 Å². The van der Waals surface area contributed by atoms with Gasteiger partial charge in [-0.2, -0.15) is 5.26 Å². The van der Waals surface area contributed by atoms with Crippen molar-refractivity contribution in [3.63, 3.8) is 0 Å². The zero-order chi connectivity index (χ0) is 13.9. The average molecular weight is 261 g/mol. The smallest absolute Gasteiger partial charge is 0.270 e. The minimum absolute atomic E-state index is 0.0702. The molecule has 100 valence electrons. The van der Waals surface area contributed by atoms with Gasteiger partial charge in [0.05, 0.1) is 16.2 Å². The second-order valence-electron chi connectivity index (χ2n) is 4.90. The standard InChI is InChI=1S/C13H15N3O3/c1-13(4-6-19-7-5-13)15-12-3-2-11(16(17)18)8-10(12)9-14/h2-3,8,15H,4-7H2,1H3. The average Bonchev–Trinajstić information content (AvgIpc) is 2.39. The Kier molecular flexibility index (Phi) is 3.67. The molecule has 1 N–H and O–H groups in total. The van der Waals surface area contributed by atoms with Crippen molar-refractivity contribution in [2.75, 3.05) is 18.5 Å². The summed E-state index contributed by atoms with van der Waals surface area (Å²) in [6.07, 6.45) is 1.68. The summed E-state index contributed by atoms with van der Waals surface area (Å²) in [6, 6.07) is 6.30. The highest BCUT2D eigenvalue weighted by Crippen LogP contribution is 2.29. The first-order valence-electron chi connectivity index (χ1n) is 6.08. The van der Waals surface area contributed by atoms with Crippen molar-refractivity contribution < 1.29 is 9.66 Å². The monoisotopic (exact) mass is 261 g/mol. The summed E-state index contributed by atoms with van der Waals surface area (Å²) >= 11 is 0. The van der Waals surface area contributed by atoms with Gasteiger partial charge < -0.3 is 10.1 Å². The molecular weight excluding hydrogens is 246 g/mol. The van der Waals surface area contributed by atoms with Gasteiger partial charge in [-0.1, -0.05) is 0 Å². The molecule has 1 fully saturated rings. The largest absolute Gasteiger partial charge is 0.381 e. The fourth-order valence-electron chi connectivity index (χ4n) is 2.12. The van der Waals surface area contributed by atoms with Crippen molar-refractivity contribution >= 4 is 11.4 Å². The van der Waals surface area contributed by atoms with Crippen LogP contribution < -0.4 is 5.32 Å². The number of nitriles is 1. The number of non-ortho nitro benzene ring substituents is 1. The quantitative estimate of drug-likeness (QED) is 0.666. The number of nitrogens with zero attached hydrogens (tertiary/aromatic N) is 2. The molecule has 0 saturated carbocycles. The zero-order valence-corrected chi connectivity index (χ0v) is 10.7. The van der Waals surface area contributed by atoms with Crippen molar-refractivity contribution in [3.05, 3.63) is 33.9 Å². The highest BCUT2D eigenvalue weighted by atomic mass is 16.6. The number of rotatable bonds is 3. The van der Waals surface area contributed by atoms with Crippen LogP contribution in [0.4, 0.5) is 11.4 Å². The minimum Gasteiger partial charge on any atom is -0.381 e. The van der Waals surface area contributed by atoms with Crippen LogP contribution in [0.25, 0.3) is 0 Å². The van der Waals surface area contributed by atoms with Crippen LogP contribution in [0.1, 0.15) is 25.3 Å². The second kappa shape index (κ2) is 5.24. The Bertz CT molecular complexity index is 530. The lowest BCUT2D eigenvalue weighted by molar-refractivity contribution is -0.384. The lowest BCUT2D eigenvalue weighted by atomic mass is 9.91. The normalized spacial score (nSPS) is 17.5. The number of anilines is 1. The van der Waals surface area contributed by atoms with E-state index >= 15 is 0 Å². The van der Waals surface area contributed by atoms with Crippen molar-refractivity contribution in [2.45, 2.75) is 25.3 Å². The van der Waals surface area contributed by atoms with Crippen LogP contribution in [-0.4, -0.2) is 23.7 Å². The van der Waals surface area contributed by atoms with Gasteiger partial charge >= 0.3 is 0 Å². The van der Waals surface area contributed by atoms with Crippen molar-refractivity contribution in [1.82, 2.24) is 0 Å². The van der Waals surface area contributed by atoms with Crippen LogP contribution in [0.5, 0.6) is 0 Å². The Morgan fingerprint density at radius 3 is 2.74 bits per heavy atom. The molecule has 1 heterocycles. The maximum absolute atomic E-state index is 10.7. The molecule has 1 aliphatic heterocycles. The van der Waals surface area contributed by atoms with E-state index in [9.17, 15) is 10.1 Å². The molecule has 0 radical (unpaired) electrons. The molecule has 1 aromatic rings. The Morgan fingerprint density at radius 2 is 2.16 bits per heavy atom. The van der Waals surface area contributed by atoms with Crippen LogP contribution >= 0.6 is 0 Å². The van der Waals surface area contributed by atoms with E-state index in [0.29, 0.717) is 24.5 Å². The number of hydrogen-bond donors (Lipinski definition) is 1. The van der Waals surface area contributed by atoms with E-state index < -0.39 is 4.92 Å². The molecule has 19 heavy (non-hydrogen) atoms. The third-order valence-corrected chi connectivity index (χ3v) is 3.37. The zero-order valence-electron chi connectivity index (χ0n) is 10.7. The van der Waals surface area contributed by atoms with Gasteiger partial charge in [-0.3, -0.25) is 10.1 Å². The molecule has 0 bridgehead atoms. The second-order valence-corrected chi connectivity index (χ2v) is 4.90. The van der Waals surface area contributed by atoms with E-state index in [1.165, 1.54) is 12.1 Å². The third-order valence-electron chi connectivity index (χ3n) is 3.37. The first-order valence-corrected chi connectivity index (χ1v) is 6.08. The van der Waals surface area contributed by atoms with Gasteiger partial charge in [0.15, 0.2) is 0 Å². The lowest BCUT2D eigenvalue weighted by Gasteiger charge is -2.35. The third kappa shape index (κ3) is 3.01.